The Labute approximate surface area is 126 Å². The molecular formula is C16H26O5. The van der Waals surface area contributed by atoms with Crippen LogP contribution < -0.4 is 0 Å². The Bertz CT molecular complexity index is 418. The highest BCUT2D eigenvalue weighted by Crippen LogP contribution is 2.52. The van der Waals surface area contributed by atoms with E-state index < -0.39 is 29.1 Å². The lowest BCUT2D eigenvalue weighted by Gasteiger charge is -2.32. The minimum Gasteiger partial charge on any atom is -0.465 e. The molecule has 5 heteroatoms. The molecule has 1 aliphatic rings. The zero-order chi connectivity index (χ0) is 16.4. The van der Waals surface area contributed by atoms with Gasteiger partial charge < -0.3 is 14.2 Å². The van der Waals surface area contributed by atoms with E-state index in [9.17, 15) is 9.59 Å². The van der Waals surface area contributed by atoms with Gasteiger partial charge in [-0.3, -0.25) is 9.59 Å². The zero-order valence-electron chi connectivity index (χ0n) is 13.8. The van der Waals surface area contributed by atoms with Crippen molar-refractivity contribution in [1.82, 2.24) is 0 Å². The van der Waals surface area contributed by atoms with Crippen LogP contribution in [0.5, 0.6) is 0 Å². The van der Waals surface area contributed by atoms with Crippen molar-refractivity contribution < 1.29 is 23.8 Å². The number of rotatable bonds is 5. The lowest BCUT2D eigenvalue weighted by molar-refractivity contribution is -0.176. The van der Waals surface area contributed by atoms with Crippen LogP contribution in [0.15, 0.2) is 12.2 Å². The monoisotopic (exact) mass is 298 g/mol. The summed E-state index contributed by atoms with van der Waals surface area (Å²) >= 11 is 0. The highest BCUT2D eigenvalue weighted by atomic mass is 16.6. The fourth-order valence-electron chi connectivity index (χ4n) is 2.81. The summed E-state index contributed by atoms with van der Waals surface area (Å²) in [6.45, 7) is 15.1. The molecule has 0 bridgehead atoms. The van der Waals surface area contributed by atoms with E-state index in [1.165, 1.54) is 0 Å². The van der Waals surface area contributed by atoms with Crippen LogP contribution in [-0.4, -0.2) is 36.9 Å². The van der Waals surface area contributed by atoms with Gasteiger partial charge in [-0.25, -0.2) is 0 Å². The number of hydrogen-bond donors (Lipinski definition) is 0. The predicted molar refractivity (Wildman–Crippen MR) is 78.6 cm³/mol. The Morgan fingerprint density at radius 2 is 1.62 bits per heavy atom. The van der Waals surface area contributed by atoms with Crippen LogP contribution >= 0.6 is 0 Å². The summed E-state index contributed by atoms with van der Waals surface area (Å²) in [5.74, 6) is -1.35. The maximum absolute atomic E-state index is 12.6. The Morgan fingerprint density at radius 1 is 1.19 bits per heavy atom. The van der Waals surface area contributed by atoms with Gasteiger partial charge in [0.2, 0.25) is 5.41 Å². The number of ether oxygens (including phenoxy) is 3. The molecule has 5 nitrogen and oxygen atoms in total. The topological polar surface area (TPSA) is 61.8 Å². The SMILES string of the molecule is C=C1C(C)(C)OC(C(C)C)C1(C(=O)OCC)C(=O)OCC. The molecule has 1 atom stereocenters. The van der Waals surface area contributed by atoms with Gasteiger partial charge in [0.1, 0.15) is 0 Å². The molecule has 1 fully saturated rings. The molecule has 1 heterocycles. The van der Waals surface area contributed by atoms with Crippen molar-refractivity contribution in [1.29, 1.82) is 0 Å². The quantitative estimate of drug-likeness (QED) is 0.443. The first-order valence-corrected chi connectivity index (χ1v) is 7.38. The molecule has 21 heavy (non-hydrogen) atoms. The predicted octanol–water partition coefficient (Wildman–Crippen LogP) is 2.49. The molecule has 0 spiro atoms. The minimum atomic E-state index is -1.59. The first-order valence-electron chi connectivity index (χ1n) is 7.38. The first-order chi connectivity index (χ1) is 9.66. The Morgan fingerprint density at radius 3 is 1.95 bits per heavy atom. The lowest BCUT2D eigenvalue weighted by atomic mass is 9.70. The Balaban J connectivity index is 3.47. The van der Waals surface area contributed by atoms with Crippen LogP contribution in [-0.2, 0) is 23.8 Å². The van der Waals surface area contributed by atoms with Gasteiger partial charge in [0.05, 0.1) is 24.9 Å². The van der Waals surface area contributed by atoms with Crippen molar-refractivity contribution in [3.63, 3.8) is 0 Å². The average molecular weight is 298 g/mol. The van der Waals surface area contributed by atoms with Crippen LogP contribution in [0.3, 0.4) is 0 Å². The summed E-state index contributed by atoms with van der Waals surface area (Å²) < 4.78 is 16.3. The summed E-state index contributed by atoms with van der Waals surface area (Å²) in [5.41, 5.74) is -2.00. The zero-order valence-corrected chi connectivity index (χ0v) is 13.8. The molecule has 120 valence electrons. The largest absolute Gasteiger partial charge is 0.465 e. The van der Waals surface area contributed by atoms with Crippen molar-refractivity contribution in [2.75, 3.05) is 13.2 Å². The molecule has 0 aliphatic carbocycles. The third kappa shape index (κ3) is 2.71. The molecule has 0 aromatic carbocycles. The number of carbonyl (C=O) groups is 2. The van der Waals surface area contributed by atoms with Crippen LogP contribution in [0.1, 0.15) is 41.5 Å². The van der Waals surface area contributed by atoms with E-state index in [0.717, 1.165) is 0 Å². The van der Waals surface area contributed by atoms with Gasteiger partial charge in [-0.1, -0.05) is 20.4 Å². The molecule has 1 unspecified atom stereocenters. The molecule has 1 saturated heterocycles. The highest BCUT2D eigenvalue weighted by molar-refractivity contribution is 6.05. The van der Waals surface area contributed by atoms with Crippen LogP contribution in [0.2, 0.25) is 0 Å². The van der Waals surface area contributed by atoms with E-state index in [0.29, 0.717) is 5.57 Å². The summed E-state index contributed by atoms with van der Waals surface area (Å²) in [6.07, 6.45) is -0.655. The fourth-order valence-corrected chi connectivity index (χ4v) is 2.81. The van der Waals surface area contributed by atoms with Crippen molar-refractivity contribution in [2.45, 2.75) is 53.2 Å². The maximum atomic E-state index is 12.6. The van der Waals surface area contributed by atoms with E-state index >= 15 is 0 Å². The summed E-state index contributed by atoms with van der Waals surface area (Å²) in [4.78, 5) is 25.3. The molecule has 0 aromatic rings. The first kappa shape index (κ1) is 17.7. The van der Waals surface area contributed by atoms with Crippen LogP contribution in [0.4, 0.5) is 0 Å². The van der Waals surface area contributed by atoms with E-state index in [1.54, 1.807) is 27.7 Å². The van der Waals surface area contributed by atoms with Crippen molar-refractivity contribution in [2.24, 2.45) is 11.3 Å². The van der Waals surface area contributed by atoms with Gasteiger partial charge in [0.25, 0.3) is 0 Å². The standard InChI is InChI=1S/C16H26O5/c1-8-19-13(17)16(14(18)20-9-2)11(5)15(6,7)21-12(16)10(3)4/h10,12H,5,8-9H2,1-4,6-7H3. The maximum Gasteiger partial charge on any atom is 0.330 e. The van der Waals surface area contributed by atoms with Gasteiger partial charge in [0.15, 0.2) is 0 Å². The van der Waals surface area contributed by atoms with Crippen molar-refractivity contribution in [3.8, 4) is 0 Å². The second kappa shape index (κ2) is 6.18. The van der Waals surface area contributed by atoms with Crippen LogP contribution in [0, 0.1) is 11.3 Å². The molecule has 0 aromatic heterocycles. The second-order valence-electron chi connectivity index (χ2n) is 6.02. The highest BCUT2D eigenvalue weighted by Gasteiger charge is 2.67. The molecule has 1 aliphatic heterocycles. The summed E-state index contributed by atoms with van der Waals surface area (Å²) in [6, 6.07) is 0. The average Bonchev–Trinajstić information content (AvgIpc) is 2.59. The van der Waals surface area contributed by atoms with E-state index in [2.05, 4.69) is 6.58 Å². The summed E-state index contributed by atoms with van der Waals surface area (Å²) in [7, 11) is 0. The normalized spacial score (nSPS) is 23.2. The molecule has 1 rings (SSSR count). The lowest BCUT2D eigenvalue weighted by Crippen LogP contribution is -2.51. The molecule has 0 N–H and O–H groups in total. The third-order valence-electron chi connectivity index (χ3n) is 3.85. The van der Waals surface area contributed by atoms with E-state index in [-0.39, 0.29) is 19.1 Å². The van der Waals surface area contributed by atoms with Gasteiger partial charge in [-0.05, 0) is 39.2 Å². The number of carbonyl (C=O) groups excluding carboxylic acids is 2. The fraction of sp³-hybridized carbons (Fsp3) is 0.750. The van der Waals surface area contributed by atoms with Crippen molar-refractivity contribution in [3.05, 3.63) is 12.2 Å². The molecule has 0 amide bonds. The Kier molecular flexibility index (Phi) is 5.20. The molecular weight excluding hydrogens is 272 g/mol. The molecule has 0 saturated carbocycles. The number of hydrogen-bond acceptors (Lipinski definition) is 5. The van der Waals surface area contributed by atoms with E-state index in [4.69, 9.17) is 14.2 Å². The van der Waals surface area contributed by atoms with Gasteiger partial charge in [0, 0.05) is 0 Å². The van der Waals surface area contributed by atoms with Gasteiger partial charge in [-0.15, -0.1) is 0 Å². The van der Waals surface area contributed by atoms with Gasteiger partial charge >= 0.3 is 11.9 Å². The Hall–Kier alpha value is -1.36. The third-order valence-corrected chi connectivity index (χ3v) is 3.85. The van der Waals surface area contributed by atoms with Crippen molar-refractivity contribution >= 4 is 11.9 Å². The van der Waals surface area contributed by atoms with Gasteiger partial charge in [-0.2, -0.15) is 0 Å². The second-order valence-corrected chi connectivity index (χ2v) is 6.02. The minimum absolute atomic E-state index is 0.0719. The summed E-state index contributed by atoms with van der Waals surface area (Å²) in [5, 5.41) is 0. The smallest absolute Gasteiger partial charge is 0.330 e. The number of esters is 2. The van der Waals surface area contributed by atoms with Crippen LogP contribution in [0.25, 0.3) is 0 Å². The van der Waals surface area contributed by atoms with E-state index in [1.807, 2.05) is 13.8 Å². The molecule has 0 radical (unpaired) electrons.